The molecule has 1 N–H and O–H groups in total. The van der Waals surface area contributed by atoms with Crippen LogP contribution in [0.15, 0.2) is 21.2 Å². The molecule has 2 atom stereocenters. The van der Waals surface area contributed by atoms with Gasteiger partial charge >= 0.3 is 5.97 Å². The smallest absolute Gasteiger partial charge is 0.307 e. The van der Waals surface area contributed by atoms with Gasteiger partial charge in [0.25, 0.3) is 0 Å². The molecular formula is C10H11BrO3. The monoisotopic (exact) mass is 258 g/mol. The number of hydrogen-bond acceptors (Lipinski definition) is 2. The van der Waals surface area contributed by atoms with E-state index in [4.69, 9.17) is 9.52 Å². The molecule has 1 saturated carbocycles. The SMILES string of the molecule is CC1(C)[C@H](C(=O)O)[C@H]1c1cc(Br)co1. The van der Waals surface area contributed by atoms with Crippen molar-refractivity contribution in [3.63, 3.8) is 0 Å². The lowest BCUT2D eigenvalue weighted by atomic mass is 10.1. The molecule has 76 valence electrons. The summed E-state index contributed by atoms with van der Waals surface area (Å²) in [6.45, 7) is 3.90. The second-order valence-corrected chi connectivity index (χ2v) is 5.20. The molecule has 0 radical (unpaired) electrons. The lowest BCUT2D eigenvalue weighted by molar-refractivity contribution is -0.139. The summed E-state index contributed by atoms with van der Waals surface area (Å²) in [6.07, 6.45) is 1.59. The van der Waals surface area contributed by atoms with Crippen molar-refractivity contribution in [3.05, 3.63) is 22.6 Å². The maximum atomic E-state index is 10.9. The molecule has 0 aliphatic heterocycles. The van der Waals surface area contributed by atoms with E-state index in [9.17, 15) is 4.79 Å². The number of halogens is 1. The highest BCUT2D eigenvalue weighted by molar-refractivity contribution is 9.10. The minimum Gasteiger partial charge on any atom is -0.481 e. The molecule has 0 saturated heterocycles. The van der Waals surface area contributed by atoms with Gasteiger partial charge in [-0.1, -0.05) is 13.8 Å². The van der Waals surface area contributed by atoms with Gasteiger partial charge in [0.1, 0.15) is 12.0 Å². The van der Waals surface area contributed by atoms with Crippen LogP contribution in [0.2, 0.25) is 0 Å². The zero-order valence-electron chi connectivity index (χ0n) is 7.95. The molecule has 1 aromatic heterocycles. The molecule has 0 unspecified atom stereocenters. The Balaban J connectivity index is 2.27. The Morgan fingerprint density at radius 1 is 1.64 bits per heavy atom. The topological polar surface area (TPSA) is 50.4 Å². The molecule has 0 spiro atoms. The van der Waals surface area contributed by atoms with Crippen molar-refractivity contribution >= 4 is 21.9 Å². The van der Waals surface area contributed by atoms with E-state index in [1.807, 2.05) is 19.9 Å². The molecule has 0 bridgehead atoms. The highest BCUT2D eigenvalue weighted by atomic mass is 79.9. The van der Waals surface area contributed by atoms with Crippen LogP contribution < -0.4 is 0 Å². The van der Waals surface area contributed by atoms with Crippen LogP contribution in [-0.4, -0.2) is 11.1 Å². The summed E-state index contributed by atoms with van der Waals surface area (Å²) in [6, 6.07) is 1.84. The molecule has 1 aliphatic rings. The second kappa shape index (κ2) is 2.86. The number of rotatable bonds is 2. The molecule has 1 heterocycles. The average molecular weight is 259 g/mol. The lowest BCUT2D eigenvalue weighted by Crippen LogP contribution is -2.02. The van der Waals surface area contributed by atoms with E-state index in [-0.39, 0.29) is 17.3 Å². The van der Waals surface area contributed by atoms with E-state index in [0.29, 0.717) is 0 Å². The number of carboxylic acids is 1. The van der Waals surface area contributed by atoms with Gasteiger partial charge in [0, 0.05) is 5.92 Å². The zero-order valence-corrected chi connectivity index (χ0v) is 9.54. The molecule has 0 amide bonds. The predicted molar refractivity (Wildman–Crippen MR) is 54.1 cm³/mol. The zero-order chi connectivity index (χ0) is 10.5. The molecular weight excluding hydrogens is 248 g/mol. The van der Waals surface area contributed by atoms with Gasteiger partial charge in [-0.05, 0) is 27.4 Å². The van der Waals surface area contributed by atoms with Gasteiger partial charge in [-0.15, -0.1) is 0 Å². The van der Waals surface area contributed by atoms with Crippen molar-refractivity contribution in [2.45, 2.75) is 19.8 Å². The highest BCUT2D eigenvalue weighted by Crippen LogP contribution is 2.64. The first kappa shape index (κ1) is 9.77. The number of carbonyl (C=O) groups is 1. The molecule has 1 aromatic rings. The van der Waals surface area contributed by atoms with Crippen molar-refractivity contribution in [1.29, 1.82) is 0 Å². The maximum Gasteiger partial charge on any atom is 0.307 e. The largest absolute Gasteiger partial charge is 0.481 e. The van der Waals surface area contributed by atoms with Gasteiger partial charge in [-0.3, -0.25) is 4.79 Å². The third kappa shape index (κ3) is 1.29. The van der Waals surface area contributed by atoms with Crippen LogP contribution in [0, 0.1) is 11.3 Å². The summed E-state index contributed by atoms with van der Waals surface area (Å²) >= 11 is 3.28. The molecule has 3 nitrogen and oxygen atoms in total. The summed E-state index contributed by atoms with van der Waals surface area (Å²) in [4.78, 5) is 10.9. The van der Waals surface area contributed by atoms with Gasteiger partial charge in [0.2, 0.25) is 0 Å². The number of furan rings is 1. The quantitative estimate of drug-likeness (QED) is 0.888. The van der Waals surface area contributed by atoms with Crippen molar-refractivity contribution in [2.24, 2.45) is 11.3 Å². The number of hydrogen-bond donors (Lipinski definition) is 1. The number of aliphatic carboxylic acids is 1. The minimum absolute atomic E-state index is 0.00583. The first-order chi connectivity index (χ1) is 6.44. The third-order valence-electron chi connectivity index (χ3n) is 2.99. The maximum absolute atomic E-state index is 10.9. The van der Waals surface area contributed by atoms with Crippen LogP contribution >= 0.6 is 15.9 Å². The Morgan fingerprint density at radius 2 is 2.29 bits per heavy atom. The molecule has 0 aromatic carbocycles. The summed E-state index contributed by atoms with van der Waals surface area (Å²) < 4.78 is 6.15. The van der Waals surface area contributed by atoms with E-state index < -0.39 is 5.97 Å². The molecule has 14 heavy (non-hydrogen) atoms. The molecule has 1 fully saturated rings. The van der Waals surface area contributed by atoms with Gasteiger partial charge < -0.3 is 9.52 Å². The van der Waals surface area contributed by atoms with Gasteiger partial charge in [0.15, 0.2) is 0 Å². The summed E-state index contributed by atoms with van der Waals surface area (Å²) in [5, 5.41) is 8.97. The van der Waals surface area contributed by atoms with Crippen molar-refractivity contribution in [3.8, 4) is 0 Å². The Morgan fingerprint density at radius 3 is 2.64 bits per heavy atom. The van der Waals surface area contributed by atoms with E-state index in [0.717, 1.165) is 10.2 Å². The Hall–Kier alpha value is -0.770. The highest BCUT2D eigenvalue weighted by Gasteiger charge is 2.64. The summed E-state index contributed by atoms with van der Waals surface area (Å²) in [5.41, 5.74) is -0.191. The fourth-order valence-corrected chi connectivity index (χ4v) is 2.44. The van der Waals surface area contributed by atoms with Crippen LogP contribution in [0.4, 0.5) is 0 Å². The minimum atomic E-state index is -0.743. The molecule has 1 aliphatic carbocycles. The van der Waals surface area contributed by atoms with E-state index in [1.165, 1.54) is 0 Å². The van der Waals surface area contributed by atoms with Crippen LogP contribution in [0.5, 0.6) is 0 Å². The van der Waals surface area contributed by atoms with E-state index in [2.05, 4.69) is 15.9 Å². The van der Waals surface area contributed by atoms with Crippen LogP contribution in [0.25, 0.3) is 0 Å². The Labute approximate surface area is 90.2 Å². The normalized spacial score (nSPS) is 28.8. The molecule has 4 heteroatoms. The van der Waals surface area contributed by atoms with Gasteiger partial charge in [0.05, 0.1) is 10.4 Å². The van der Waals surface area contributed by atoms with Crippen molar-refractivity contribution < 1.29 is 14.3 Å². The fourth-order valence-electron chi connectivity index (χ4n) is 2.12. The number of carboxylic acid groups (broad SMARTS) is 1. The molecule has 2 rings (SSSR count). The summed E-state index contributed by atoms with van der Waals surface area (Å²) in [5.74, 6) is -0.298. The average Bonchev–Trinajstić information content (AvgIpc) is 2.42. The van der Waals surface area contributed by atoms with Crippen molar-refractivity contribution in [2.75, 3.05) is 0 Å². The predicted octanol–water partition coefficient (Wildman–Crippen LogP) is 2.87. The second-order valence-electron chi connectivity index (χ2n) is 4.28. The standard InChI is InChI=1S/C10H11BrO3/c1-10(2)7(8(10)9(12)13)6-3-5(11)4-14-6/h3-4,7-8H,1-2H3,(H,12,13)/t7-,8+/m1/s1. The Kier molecular flexibility index (Phi) is 2.00. The van der Waals surface area contributed by atoms with Crippen molar-refractivity contribution in [1.82, 2.24) is 0 Å². The lowest BCUT2D eigenvalue weighted by Gasteiger charge is -1.97. The Bertz CT molecular complexity index is 380. The van der Waals surface area contributed by atoms with Crippen LogP contribution in [-0.2, 0) is 4.79 Å². The van der Waals surface area contributed by atoms with Gasteiger partial charge in [-0.2, -0.15) is 0 Å². The van der Waals surface area contributed by atoms with Gasteiger partial charge in [-0.25, -0.2) is 0 Å². The van der Waals surface area contributed by atoms with Crippen LogP contribution in [0.1, 0.15) is 25.5 Å². The van der Waals surface area contributed by atoms with E-state index >= 15 is 0 Å². The first-order valence-corrected chi connectivity index (χ1v) is 5.20. The summed E-state index contributed by atoms with van der Waals surface area (Å²) in [7, 11) is 0. The van der Waals surface area contributed by atoms with E-state index in [1.54, 1.807) is 6.26 Å². The first-order valence-electron chi connectivity index (χ1n) is 4.41. The third-order valence-corrected chi connectivity index (χ3v) is 3.40. The van der Waals surface area contributed by atoms with Crippen LogP contribution in [0.3, 0.4) is 0 Å². The fraction of sp³-hybridized carbons (Fsp3) is 0.500.